The molecule has 2 fully saturated rings. The number of hydrogen-bond donors (Lipinski definition) is 1. The standard InChI is InChI=1S/C16H24ClN3/c17-15-11-18-9-5-14(15)12-20-10-4-8-19-16(13-20)6-2-1-3-7-16/h5,9,11,19H,1-4,6-8,10,12-13H2. The van der Waals surface area contributed by atoms with E-state index < -0.39 is 0 Å². The van der Waals surface area contributed by atoms with Crippen molar-refractivity contribution in [2.24, 2.45) is 0 Å². The fourth-order valence-electron chi connectivity index (χ4n) is 3.69. The average molecular weight is 294 g/mol. The van der Waals surface area contributed by atoms with Gasteiger partial charge in [0.25, 0.3) is 0 Å². The summed E-state index contributed by atoms with van der Waals surface area (Å²) < 4.78 is 0. The molecule has 1 saturated carbocycles. The molecule has 1 spiro atoms. The Morgan fingerprint density at radius 2 is 2.10 bits per heavy atom. The summed E-state index contributed by atoms with van der Waals surface area (Å²) in [6.07, 6.45) is 11.6. The summed E-state index contributed by atoms with van der Waals surface area (Å²) in [5.41, 5.74) is 1.56. The highest BCUT2D eigenvalue weighted by molar-refractivity contribution is 6.31. The van der Waals surface area contributed by atoms with Crippen LogP contribution in [0.1, 0.15) is 44.1 Å². The Balaban J connectivity index is 1.70. The molecule has 0 unspecified atom stereocenters. The fraction of sp³-hybridized carbons (Fsp3) is 0.688. The van der Waals surface area contributed by atoms with Crippen molar-refractivity contribution in [1.82, 2.24) is 15.2 Å². The summed E-state index contributed by atoms with van der Waals surface area (Å²) in [6.45, 7) is 4.42. The van der Waals surface area contributed by atoms with Crippen molar-refractivity contribution < 1.29 is 0 Å². The number of halogens is 1. The third kappa shape index (κ3) is 3.33. The van der Waals surface area contributed by atoms with Crippen LogP contribution in [0.15, 0.2) is 18.5 Å². The van der Waals surface area contributed by atoms with Crippen LogP contribution in [-0.2, 0) is 6.54 Å². The Hall–Kier alpha value is -0.640. The summed E-state index contributed by atoms with van der Waals surface area (Å²) in [5.74, 6) is 0. The Morgan fingerprint density at radius 3 is 2.90 bits per heavy atom. The van der Waals surface area contributed by atoms with Gasteiger partial charge in [0.1, 0.15) is 0 Å². The predicted molar refractivity (Wildman–Crippen MR) is 83.0 cm³/mol. The van der Waals surface area contributed by atoms with Gasteiger partial charge in [-0.1, -0.05) is 30.9 Å². The first-order valence-corrected chi connectivity index (χ1v) is 8.21. The molecule has 1 saturated heterocycles. The van der Waals surface area contributed by atoms with Crippen LogP contribution >= 0.6 is 11.6 Å². The molecule has 2 aliphatic rings. The van der Waals surface area contributed by atoms with E-state index in [0.717, 1.165) is 31.2 Å². The zero-order chi connectivity index (χ0) is 13.8. The molecule has 3 nitrogen and oxygen atoms in total. The smallest absolute Gasteiger partial charge is 0.0634 e. The minimum absolute atomic E-state index is 0.355. The highest BCUT2D eigenvalue weighted by Crippen LogP contribution is 2.31. The first-order valence-electron chi connectivity index (χ1n) is 7.83. The van der Waals surface area contributed by atoms with E-state index in [1.54, 1.807) is 6.20 Å². The van der Waals surface area contributed by atoms with Gasteiger partial charge in [-0.15, -0.1) is 0 Å². The molecular weight excluding hydrogens is 270 g/mol. The molecule has 110 valence electrons. The van der Waals surface area contributed by atoms with Crippen molar-refractivity contribution in [2.75, 3.05) is 19.6 Å². The van der Waals surface area contributed by atoms with Crippen LogP contribution in [-0.4, -0.2) is 35.1 Å². The molecule has 3 rings (SSSR count). The topological polar surface area (TPSA) is 28.2 Å². The third-order valence-corrected chi connectivity index (χ3v) is 5.08. The highest BCUT2D eigenvalue weighted by atomic mass is 35.5. The molecule has 20 heavy (non-hydrogen) atoms. The summed E-state index contributed by atoms with van der Waals surface area (Å²) in [4.78, 5) is 6.65. The second kappa shape index (κ2) is 6.42. The molecule has 1 aliphatic carbocycles. The molecule has 0 atom stereocenters. The molecule has 1 N–H and O–H groups in total. The van der Waals surface area contributed by atoms with Crippen LogP contribution in [0.5, 0.6) is 0 Å². The summed E-state index contributed by atoms with van der Waals surface area (Å²) in [7, 11) is 0. The minimum Gasteiger partial charge on any atom is -0.310 e. The number of rotatable bonds is 2. The van der Waals surface area contributed by atoms with Gasteiger partial charge in [0, 0.05) is 31.0 Å². The molecule has 1 aromatic heterocycles. The maximum absolute atomic E-state index is 6.26. The highest BCUT2D eigenvalue weighted by Gasteiger charge is 2.34. The first kappa shape index (κ1) is 14.3. The maximum Gasteiger partial charge on any atom is 0.0634 e. The van der Waals surface area contributed by atoms with Crippen LogP contribution < -0.4 is 5.32 Å². The van der Waals surface area contributed by atoms with Crippen LogP contribution in [0.25, 0.3) is 0 Å². The van der Waals surface area contributed by atoms with E-state index in [-0.39, 0.29) is 0 Å². The van der Waals surface area contributed by atoms with E-state index in [9.17, 15) is 0 Å². The third-order valence-electron chi connectivity index (χ3n) is 4.74. The molecule has 0 aromatic carbocycles. The Bertz CT molecular complexity index is 443. The maximum atomic E-state index is 6.26. The van der Waals surface area contributed by atoms with Crippen molar-refractivity contribution in [3.8, 4) is 0 Å². The van der Waals surface area contributed by atoms with Crippen LogP contribution in [0.3, 0.4) is 0 Å². The van der Waals surface area contributed by atoms with Crippen molar-refractivity contribution in [3.63, 3.8) is 0 Å². The molecule has 4 heteroatoms. The number of nitrogens with zero attached hydrogens (tertiary/aromatic N) is 2. The summed E-state index contributed by atoms with van der Waals surface area (Å²) in [5, 5.41) is 4.63. The molecule has 0 amide bonds. The van der Waals surface area contributed by atoms with Gasteiger partial charge >= 0.3 is 0 Å². The van der Waals surface area contributed by atoms with Gasteiger partial charge in [0.05, 0.1) is 5.02 Å². The van der Waals surface area contributed by atoms with E-state index in [1.165, 1.54) is 44.1 Å². The van der Waals surface area contributed by atoms with Crippen molar-refractivity contribution in [1.29, 1.82) is 0 Å². The van der Waals surface area contributed by atoms with Gasteiger partial charge < -0.3 is 5.32 Å². The zero-order valence-electron chi connectivity index (χ0n) is 12.1. The number of pyridine rings is 1. The number of nitrogens with one attached hydrogen (secondary N) is 1. The van der Waals surface area contributed by atoms with Crippen molar-refractivity contribution in [3.05, 3.63) is 29.0 Å². The molecule has 0 radical (unpaired) electrons. The Morgan fingerprint density at radius 1 is 1.25 bits per heavy atom. The zero-order valence-corrected chi connectivity index (χ0v) is 12.8. The van der Waals surface area contributed by atoms with Gasteiger partial charge in [0.2, 0.25) is 0 Å². The van der Waals surface area contributed by atoms with E-state index in [2.05, 4.69) is 15.2 Å². The second-order valence-electron chi connectivity index (χ2n) is 6.30. The van der Waals surface area contributed by atoms with Crippen LogP contribution in [0, 0.1) is 0 Å². The summed E-state index contributed by atoms with van der Waals surface area (Å²) >= 11 is 6.26. The molecule has 1 aromatic rings. The summed E-state index contributed by atoms with van der Waals surface area (Å²) in [6, 6.07) is 2.05. The molecular formula is C16H24ClN3. The Kier molecular flexibility index (Phi) is 4.59. The quantitative estimate of drug-likeness (QED) is 0.907. The lowest BCUT2D eigenvalue weighted by atomic mass is 9.81. The van der Waals surface area contributed by atoms with E-state index >= 15 is 0 Å². The van der Waals surface area contributed by atoms with Gasteiger partial charge in [-0.25, -0.2) is 0 Å². The Labute approximate surface area is 126 Å². The second-order valence-corrected chi connectivity index (χ2v) is 6.71. The fourth-order valence-corrected chi connectivity index (χ4v) is 3.87. The first-order chi connectivity index (χ1) is 9.77. The predicted octanol–water partition coefficient (Wildman–Crippen LogP) is 3.23. The number of hydrogen-bond acceptors (Lipinski definition) is 3. The van der Waals surface area contributed by atoms with Crippen molar-refractivity contribution in [2.45, 2.75) is 50.6 Å². The van der Waals surface area contributed by atoms with Gasteiger partial charge in [0.15, 0.2) is 0 Å². The van der Waals surface area contributed by atoms with Crippen molar-refractivity contribution >= 4 is 11.6 Å². The monoisotopic (exact) mass is 293 g/mol. The van der Waals surface area contributed by atoms with Gasteiger partial charge in [-0.3, -0.25) is 9.88 Å². The largest absolute Gasteiger partial charge is 0.310 e. The van der Waals surface area contributed by atoms with Crippen LogP contribution in [0.2, 0.25) is 5.02 Å². The van der Waals surface area contributed by atoms with E-state index in [4.69, 9.17) is 11.6 Å². The molecule has 0 bridgehead atoms. The lowest BCUT2D eigenvalue weighted by Gasteiger charge is -2.40. The van der Waals surface area contributed by atoms with Gasteiger partial charge in [-0.2, -0.15) is 0 Å². The normalized spacial score (nSPS) is 23.6. The SMILES string of the molecule is Clc1cnccc1CN1CCCNC2(CCCCC2)C1. The van der Waals surface area contributed by atoms with E-state index in [1.807, 2.05) is 12.3 Å². The van der Waals surface area contributed by atoms with Gasteiger partial charge in [-0.05, 0) is 44.0 Å². The number of aromatic nitrogens is 1. The average Bonchev–Trinajstić information content (AvgIpc) is 2.65. The molecule has 1 aliphatic heterocycles. The minimum atomic E-state index is 0.355. The molecule has 2 heterocycles. The lowest BCUT2D eigenvalue weighted by Crippen LogP contribution is -2.52. The lowest BCUT2D eigenvalue weighted by molar-refractivity contribution is 0.159. The van der Waals surface area contributed by atoms with Crippen LogP contribution in [0.4, 0.5) is 0 Å². The van der Waals surface area contributed by atoms with E-state index in [0.29, 0.717) is 5.54 Å².